The van der Waals surface area contributed by atoms with Gasteiger partial charge in [0.15, 0.2) is 23.2 Å². The Hall–Kier alpha value is -2.05. The third-order valence-electron chi connectivity index (χ3n) is 4.04. The Balaban J connectivity index is 1.85. The lowest BCUT2D eigenvalue weighted by molar-refractivity contribution is -0.147. The average Bonchev–Trinajstić information content (AvgIpc) is 3.15. The first-order valence-electron chi connectivity index (χ1n) is 8.70. The number of nitrogens with one attached hydrogen (secondary N) is 1. The maximum Gasteiger partial charge on any atom is 0.302 e. The fourth-order valence-electron chi connectivity index (χ4n) is 2.72. The minimum Gasteiger partial charge on any atom is -0.463 e. The van der Waals surface area contributed by atoms with E-state index in [4.69, 9.17) is 25.9 Å². The summed E-state index contributed by atoms with van der Waals surface area (Å²) in [5.41, 5.74) is 3.33. The van der Waals surface area contributed by atoms with Crippen LogP contribution in [0.25, 0.3) is 11.2 Å². The molecule has 3 rings (SSSR count). The van der Waals surface area contributed by atoms with Gasteiger partial charge in [0.25, 0.3) is 0 Å². The predicted molar refractivity (Wildman–Crippen MR) is 97.3 cm³/mol. The molecule has 0 bridgehead atoms. The number of imidazole rings is 1. The van der Waals surface area contributed by atoms with Crippen molar-refractivity contribution in [3.8, 4) is 0 Å². The lowest BCUT2D eigenvalue weighted by Gasteiger charge is -2.16. The molecular formula is C16H22ClN5O6. The topological polar surface area (TPSA) is 141 Å². The molecule has 1 aliphatic heterocycles. The summed E-state index contributed by atoms with van der Waals surface area (Å²) in [5.74, 6) is 0.0490. The van der Waals surface area contributed by atoms with Crippen molar-refractivity contribution in [1.82, 2.24) is 19.5 Å². The second-order valence-corrected chi connectivity index (χ2v) is 7.16. The number of rotatable bonds is 7. The minimum absolute atomic E-state index is 0.0607. The van der Waals surface area contributed by atoms with Crippen molar-refractivity contribution >= 4 is 34.6 Å². The molecule has 1 saturated heterocycles. The summed E-state index contributed by atoms with van der Waals surface area (Å²) in [7, 11) is 0. The highest BCUT2D eigenvalue weighted by atomic mass is 35.5. The van der Waals surface area contributed by atoms with Gasteiger partial charge >= 0.3 is 5.97 Å². The molecule has 1 fully saturated rings. The number of nitrogens with zero attached hydrogens (tertiary/aromatic N) is 4. The molecule has 0 radical (unpaired) electrons. The van der Waals surface area contributed by atoms with E-state index >= 15 is 0 Å². The normalized spacial score (nSPS) is 24.8. The number of esters is 1. The molecule has 2 aromatic heterocycles. The Morgan fingerprint density at radius 1 is 1.39 bits per heavy atom. The van der Waals surface area contributed by atoms with Crippen LogP contribution in [0.5, 0.6) is 0 Å². The van der Waals surface area contributed by atoms with Crippen LogP contribution in [-0.2, 0) is 19.1 Å². The lowest BCUT2D eigenvalue weighted by atomic mass is 10.1. The molecule has 28 heavy (non-hydrogen) atoms. The molecule has 11 nitrogen and oxygen atoms in total. The lowest BCUT2D eigenvalue weighted by Crippen LogP contribution is -2.34. The summed E-state index contributed by atoms with van der Waals surface area (Å²) < 4.78 is 12.0. The van der Waals surface area contributed by atoms with Crippen LogP contribution in [0, 0.1) is 5.92 Å². The summed E-state index contributed by atoms with van der Waals surface area (Å²) in [6, 6.07) is 0. The number of aliphatic hydroxyl groups is 2. The van der Waals surface area contributed by atoms with Gasteiger partial charge in [0, 0.05) is 6.92 Å². The van der Waals surface area contributed by atoms with Crippen LogP contribution >= 0.6 is 11.6 Å². The minimum atomic E-state index is -1.29. The molecule has 4 atom stereocenters. The summed E-state index contributed by atoms with van der Waals surface area (Å²) >= 11 is 6.01. The number of fused-ring (bicyclic) bond motifs is 1. The van der Waals surface area contributed by atoms with Gasteiger partial charge in [0.1, 0.15) is 24.9 Å². The Morgan fingerprint density at radius 2 is 2.14 bits per heavy atom. The first-order chi connectivity index (χ1) is 13.3. The van der Waals surface area contributed by atoms with Crippen molar-refractivity contribution in [3.05, 3.63) is 11.6 Å². The van der Waals surface area contributed by atoms with Gasteiger partial charge < -0.3 is 19.7 Å². The molecule has 2 aromatic rings. The average molecular weight is 416 g/mol. The quantitative estimate of drug-likeness (QED) is 0.335. The predicted octanol–water partition coefficient (Wildman–Crippen LogP) is 0.661. The van der Waals surface area contributed by atoms with Crippen molar-refractivity contribution in [2.45, 2.75) is 45.3 Å². The number of hydrogen-bond donors (Lipinski definition) is 3. The van der Waals surface area contributed by atoms with E-state index in [0.29, 0.717) is 18.0 Å². The Kier molecular flexibility index (Phi) is 6.30. The molecule has 0 amide bonds. The third-order valence-corrected chi connectivity index (χ3v) is 4.21. The van der Waals surface area contributed by atoms with Crippen molar-refractivity contribution in [2.24, 2.45) is 5.92 Å². The van der Waals surface area contributed by atoms with Crippen LogP contribution in [0.1, 0.15) is 27.0 Å². The monoisotopic (exact) mass is 415 g/mol. The van der Waals surface area contributed by atoms with Gasteiger partial charge in [-0.2, -0.15) is 9.97 Å². The van der Waals surface area contributed by atoms with E-state index in [1.54, 1.807) is 0 Å². The summed E-state index contributed by atoms with van der Waals surface area (Å²) in [5, 5.41) is 20.5. The number of carbonyl (C=O) groups is 1. The number of hydrogen-bond acceptors (Lipinski definition) is 10. The van der Waals surface area contributed by atoms with Gasteiger partial charge in [0.2, 0.25) is 5.28 Å². The Bertz CT molecular complexity index is 846. The SMILES string of the molecule is CC(=O)OC[C@H]1O[C@@H](n2cnc3c(NOCC(C)C)nc(Cl)nc32)[C@H](O)[C@@H]1O. The zero-order chi connectivity index (χ0) is 20.4. The van der Waals surface area contributed by atoms with E-state index in [2.05, 4.69) is 20.4 Å². The maximum atomic E-state index is 11.0. The van der Waals surface area contributed by atoms with Crippen molar-refractivity contribution in [1.29, 1.82) is 0 Å². The fourth-order valence-corrected chi connectivity index (χ4v) is 2.88. The maximum absolute atomic E-state index is 11.0. The summed E-state index contributed by atoms with van der Waals surface area (Å²) in [6.45, 7) is 5.48. The third kappa shape index (κ3) is 4.33. The highest BCUT2D eigenvalue weighted by Gasteiger charge is 2.45. The molecule has 0 saturated carbocycles. The number of halogens is 1. The van der Waals surface area contributed by atoms with E-state index in [1.165, 1.54) is 17.8 Å². The highest BCUT2D eigenvalue weighted by molar-refractivity contribution is 6.28. The van der Waals surface area contributed by atoms with Crippen LogP contribution in [0.4, 0.5) is 5.82 Å². The molecule has 0 aromatic carbocycles. The Labute approximate surface area is 165 Å². The summed E-state index contributed by atoms with van der Waals surface area (Å²) in [4.78, 5) is 28.8. The van der Waals surface area contributed by atoms with E-state index in [0.717, 1.165) is 0 Å². The van der Waals surface area contributed by atoms with Gasteiger partial charge in [-0.3, -0.25) is 14.2 Å². The van der Waals surface area contributed by atoms with Gasteiger partial charge in [-0.25, -0.2) is 10.5 Å². The molecular weight excluding hydrogens is 394 g/mol. The van der Waals surface area contributed by atoms with Gasteiger partial charge in [0.05, 0.1) is 12.9 Å². The first kappa shape index (κ1) is 20.7. The van der Waals surface area contributed by atoms with Crippen LogP contribution in [-0.4, -0.2) is 67.2 Å². The van der Waals surface area contributed by atoms with Gasteiger partial charge in [-0.1, -0.05) is 13.8 Å². The second-order valence-electron chi connectivity index (χ2n) is 6.82. The molecule has 1 aliphatic rings. The number of aromatic nitrogens is 4. The van der Waals surface area contributed by atoms with Crippen LogP contribution in [0.3, 0.4) is 0 Å². The molecule has 0 spiro atoms. The van der Waals surface area contributed by atoms with E-state index in [9.17, 15) is 15.0 Å². The standard InChI is InChI=1S/C16H22ClN5O6/c1-7(2)4-27-21-13-10-14(20-16(17)19-13)22(6-18-10)15-12(25)11(24)9(28-15)5-26-8(3)23/h6-7,9,11-12,15,24-25H,4-5H2,1-3H3,(H,19,20,21)/t9-,11-,12-,15-/m1/s1. The molecule has 3 heterocycles. The van der Waals surface area contributed by atoms with Crippen molar-refractivity contribution in [2.75, 3.05) is 18.7 Å². The number of anilines is 1. The number of carbonyl (C=O) groups excluding carboxylic acids is 1. The first-order valence-corrected chi connectivity index (χ1v) is 9.08. The van der Waals surface area contributed by atoms with Crippen LogP contribution < -0.4 is 5.48 Å². The molecule has 12 heteroatoms. The zero-order valence-electron chi connectivity index (χ0n) is 15.6. The second kappa shape index (κ2) is 8.53. The van der Waals surface area contributed by atoms with Crippen LogP contribution in [0.15, 0.2) is 6.33 Å². The Morgan fingerprint density at radius 3 is 2.82 bits per heavy atom. The van der Waals surface area contributed by atoms with E-state index in [1.807, 2.05) is 13.8 Å². The van der Waals surface area contributed by atoms with E-state index < -0.39 is 30.5 Å². The number of aliphatic hydroxyl groups excluding tert-OH is 2. The molecule has 154 valence electrons. The smallest absolute Gasteiger partial charge is 0.302 e. The van der Waals surface area contributed by atoms with E-state index in [-0.39, 0.29) is 23.4 Å². The largest absolute Gasteiger partial charge is 0.463 e. The van der Waals surface area contributed by atoms with Gasteiger partial charge in [-0.15, -0.1) is 0 Å². The van der Waals surface area contributed by atoms with Gasteiger partial charge in [-0.05, 0) is 17.5 Å². The molecule has 0 unspecified atom stereocenters. The van der Waals surface area contributed by atoms with Crippen LogP contribution in [0.2, 0.25) is 5.28 Å². The highest BCUT2D eigenvalue weighted by Crippen LogP contribution is 2.33. The number of ether oxygens (including phenoxy) is 2. The van der Waals surface area contributed by atoms with Crippen molar-refractivity contribution < 1.29 is 29.3 Å². The fraction of sp³-hybridized carbons (Fsp3) is 0.625. The molecule has 3 N–H and O–H groups in total. The summed E-state index contributed by atoms with van der Waals surface area (Å²) in [6.07, 6.45) is -3.06. The zero-order valence-corrected chi connectivity index (χ0v) is 16.3. The molecule has 0 aliphatic carbocycles. The van der Waals surface area contributed by atoms with Crippen molar-refractivity contribution in [3.63, 3.8) is 0 Å².